The van der Waals surface area contributed by atoms with Crippen LogP contribution in [0.15, 0.2) is 30.5 Å². The van der Waals surface area contributed by atoms with Crippen LogP contribution in [0.25, 0.3) is 22.3 Å². The highest BCUT2D eigenvalue weighted by molar-refractivity contribution is 5.93. The SMILES string of the molecule is COCc1nc(-c2cccc3[nH]ccc23)nn1C. The van der Waals surface area contributed by atoms with Crippen LogP contribution >= 0.6 is 0 Å². The molecule has 5 heteroatoms. The summed E-state index contributed by atoms with van der Waals surface area (Å²) in [6.07, 6.45) is 1.92. The molecule has 0 saturated carbocycles. The zero-order valence-corrected chi connectivity index (χ0v) is 10.3. The second-order valence-electron chi connectivity index (χ2n) is 4.15. The average Bonchev–Trinajstić information content (AvgIpc) is 2.96. The van der Waals surface area contributed by atoms with Crippen LogP contribution in [-0.2, 0) is 18.4 Å². The fourth-order valence-electron chi connectivity index (χ4n) is 2.07. The molecular formula is C13H14N4O. The van der Waals surface area contributed by atoms with Crippen molar-refractivity contribution in [2.45, 2.75) is 6.61 Å². The maximum absolute atomic E-state index is 5.10. The summed E-state index contributed by atoms with van der Waals surface area (Å²) in [6, 6.07) is 8.11. The summed E-state index contributed by atoms with van der Waals surface area (Å²) in [5.41, 5.74) is 2.12. The van der Waals surface area contributed by atoms with Crippen molar-refractivity contribution in [2.24, 2.45) is 7.05 Å². The van der Waals surface area contributed by atoms with Crippen molar-refractivity contribution in [3.8, 4) is 11.4 Å². The fraction of sp³-hybridized carbons (Fsp3) is 0.231. The topological polar surface area (TPSA) is 55.7 Å². The largest absolute Gasteiger partial charge is 0.377 e. The highest BCUT2D eigenvalue weighted by Gasteiger charge is 2.11. The van der Waals surface area contributed by atoms with E-state index in [1.807, 2.05) is 37.5 Å². The van der Waals surface area contributed by atoms with Crippen molar-refractivity contribution in [3.05, 3.63) is 36.3 Å². The van der Waals surface area contributed by atoms with Gasteiger partial charge in [-0.25, -0.2) is 4.98 Å². The van der Waals surface area contributed by atoms with Crippen molar-refractivity contribution in [1.82, 2.24) is 19.7 Å². The van der Waals surface area contributed by atoms with Gasteiger partial charge in [-0.1, -0.05) is 12.1 Å². The zero-order chi connectivity index (χ0) is 12.5. The Balaban J connectivity index is 2.14. The minimum atomic E-state index is 0.465. The van der Waals surface area contributed by atoms with E-state index in [4.69, 9.17) is 4.74 Å². The summed E-state index contributed by atoms with van der Waals surface area (Å²) in [6.45, 7) is 0.465. The maximum Gasteiger partial charge on any atom is 0.182 e. The molecule has 0 bridgehead atoms. The van der Waals surface area contributed by atoms with E-state index in [2.05, 4.69) is 15.1 Å². The summed E-state index contributed by atoms with van der Waals surface area (Å²) < 4.78 is 6.86. The number of benzene rings is 1. The first-order valence-corrected chi connectivity index (χ1v) is 5.75. The predicted octanol–water partition coefficient (Wildman–Crippen LogP) is 2.11. The standard InChI is InChI=1S/C13H14N4O/c1-17-12(8-18-2)15-13(16-17)10-4-3-5-11-9(10)6-7-14-11/h3-7,14H,8H2,1-2H3. The monoisotopic (exact) mass is 242 g/mol. The van der Waals surface area contributed by atoms with Gasteiger partial charge in [-0.05, 0) is 12.1 Å². The summed E-state index contributed by atoms with van der Waals surface area (Å²) in [5, 5.41) is 5.57. The van der Waals surface area contributed by atoms with Crippen LogP contribution in [0.3, 0.4) is 0 Å². The van der Waals surface area contributed by atoms with Gasteiger partial charge in [-0.2, -0.15) is 5.10 Å². The van der Waals surface area contributed by atoms with Crippen molar-refractivity contribution < 1.29 is 4.74 Å². The Morgan fingerprint density at radius 3 is 3.06 bits per heavy atom. The molecule has 1 N–H and O–H groups in total. The second-order valence-corrected chi connectivity index (χ2v) is 4.15. The van der Waals surface area contributed by atoms with E-state index in [0.717, 1.165) is 28.1 Å². The predicted molar refractivity (Wildman–Crippen MR) is 69.0 cm³/mol. The van der Waals surface area contributed by atoms with Crippen molar-refractivity contribution in [1.29, 1.82) is 0 Å². The summed E-state index contributed by atoms with van der Waals surface area (Å²) in [7, 11) is 3.53. The summed E-state index contributed by atoms with van der Waals surface area (Å²) >= 11 is 0. The normalized spacial score (nSPS) is 11.2. The van der Waals surface area contributed by atoms with E-state index >= 15 is 0 Å². The lowest BCUT2D eigenvalue weighted by Crippen LogP contribution is -2.00. The number of hydrogen-bond acceptors (Lipinski definition) is 3. The first kappa shape index (κ1) is 11.0. The van der Waals surface area contributed by atoms with Crippen LogP contribution in [0, 0.1) is 0 Å². The smallest absolute Gasteiger partial charge is 0.182 e. The molecule has 0 fully saturated rings. The van der Waals surface area contributed by atoms with Gasteiger partial charge in [0, 0.05) is 36.8 Å². The number of aromatic amines is 1. The molecule has 3 rings (SSSR count). The van der Waals surface area contributed by atoms with E-state index < -0.39 is 0 Å². The first-order chi connectivity index (χ1) is 8.79. The molecule has 0 aliphatic heterocycles. The number of ether oxygens (including phenoxy) is 1. The van der Waals surface area contributed by atoms with Crippen LogP contribution in [0.2, 0.25) is 0 Å². The van der Waals surface area contributed by atoms with Crippen LogP contribution in [0.1, 0.15) is 5.82 Å². The third-order valence-electron chi connectivity index (χ3n) is 2.96. The van der Waals surface area contributed by atoms with Crippen molar-refractivity contribution in [2.75, 3.05) is 7.11 Å². The summed E-state index contributed by atoms with van der Waals surface area (Å²) in [4.78, 5) is 7.70. The van der Waals surface area contributed by atoms with Crippen molar-refractivity contribution in [3.63, 3.8) is 0 Å². The number of aromatic nitrogens is 4. The molecule has 0 amide bonds. The molecular weight excluding hydrogens is 228 g/mol. The van der Waals surface area contributed by atoms with Gasteiger partial charge in [-0.3, -0.25) is 4.68 Å². The third kappa shape index (κ3) is 1.69. The Morgan fingerprint density at radius 1 is 1.33 bits per heavy atom. The number of methoxy groups -OCH3 is 1. The molecule has 0 aliphatic rings. The lowest BCUT2D eigenvalue weighted by atomic mass is 10.1. The molecule has 0 radical (unpaired) electrons. The Bertz CT molecular complexity index is 683. The number of aryl methyl sites for hydroxylation is 1. The van der Waals surface area contributed by atoms with E-state index in [1.165, 1.54) is 0 Å². The summed E-state index contributed by atoms with van der Waals surface area (Å²) in [5.74, 6) is 1.55. The highest BCUT2D eigenvalue weighted by Crippen LogP contribution is 2.25. The fourth-order valence-corrected chi connectivity index (χ4v) is 2.07. The number of H-pyrrole nitrogens is 1. The van der Waals surface area contributed by atoms with Gasteiger partial charge in [0.05, 0.1) is 0 Å². The average molecular weight is 242 g/mol. The zero-order valence-electron chi connectivity index (χ0n) is 10.3. The number of nitrogens with one attached hydrogen (secondary N) is 1. The van der Waals surface area contributed by atoms with E-state index in [0.29, 0.717) is 6.61 Å². The van der Waals surface area contributed by atoms with Gasteiger partial charge in [0.2, 0.25) is 0 Å². The van der Waals surface area contributed by atoms with Gasteiger partial charge in [0.1, 0.15) is 6.61 Å². The van der Waals surface area contributed by atoms with Gasteiger partial charge in [0.15, 0.2) is 11.6 Å². The molecule has 2 heterocycles. The van der Waals surface area contributed by atoms with Crippen LogP contribution in [0.4, 0.5) is 0 Å². The van der Waals surface area contributed by atoms with Crippen LogP contribution in [-0.4, -0.2) is 26.9 Å². The molecule has 18 heavy (non-hydrogen) atoms. The van der Waals surface area contributed by atoms with E-state index in [-0.39, 0.29) is 0 Å². The Kier molecular flexibility index (Phi) is 2.60. The lowest BCUT2D eigenvalue weighted by molar-refractivity contribution is 0.174. The number of rotatable bonds is 3. The van der Waals surface area contributed by atoms with Crippen LogP contribution in [0.5, 0.6) is 0 Å². The Hall–Kier alpha value is -2.14. The molecule has 0 aliphatic carbocycles. The second kappa shape index (κ2) is 4.27. The molecule has 5 nitrogen and oxygen atoms in total. The molecule has 0 atom stereocenters. The minimum absolute atomic E-state index is 0.465. The Morgan fingerprint density at radius 2 is 2.22 bits per heavy atom. The molecule has 92 valence electrons. The molecule has 0 spiro atoms. The van der Waals surface area contributed by atoms with Gasteiger partial charge in [-0.15, -0.1) is 0 Å². The molecule has 0 saturated heterocycles. The lowest BCUT2D eigenvalue weighted by Gasteiger charge is -1.97. The van der Waals surface area contributed by atoms with Crippen molar-refractivity contribution >= 4 is 10.9 Å². The number of hydrogen-bond donors (Lipinski definition) is 1. The maximum atomic E-state index is 5.10. The highest BCUT2D eigenvalue weighted by atomic mass is 16.5. The first-order valence-electron chi connectivity index (χ1n) is 5.75. The number of fused-ring (bicyclic) bond motifs is 1. The van der Waals surface area contributed by atoms with Gasteiger partial charge >= 0.3 is 0 Å². The Labute approximate surface area is 104 Å². The van der Waals surface area contributed by atoms with E-state index in [1.54, 1.807) is 11.8 Å². The third-order valence-corrected chi connectivity index (χ3v) is 2.96. The van der Waals surface area contributed by atoms with Crippen LogP contribution < -0.4 is 0 Å². The molecule has 3 aromatic rings. The van der Waals surface area contributed by atoms with Gasteiger partial charge < -0.3 is 9.72 Å². The quantitative estimate of drug-likeness (QED) is 0.765. The molecule has 1 aromatic carbocycles. The van der Waals surface area contributed by atoms with Gasteiger partial charge in [0.25, 0.3) is 0 Å². The minimum Gasteiger partial charge on any atom is -0.377 e. The van der Waals surface area contributed by atoms with E-state index in [9.17, 15) is 0 Å². The number of nitrogens with zero attached hydrogens (tertiary/aromatic N) is 3. The molecule has 0 unspecified atom stereocenters. The molecule has 2 aromatic heterocycles.